The van der Waals surface area contributed by atoms with E-state index in [0.29, 0.717) is 27.1 Å². The molecular formula is C20H22Cl2N2O2. The molecule has 138 valence electrons. The molecule has 26 heavy (non-hydrogen) atoms. The van der Waals surface area contributed by atoms with E-state index in [9.17, 15) is 4.79 Å². The van der Waals surface area contributed by atoms with Gasteiger partial charge in [-0.1, -0.05) is 37.0 Å². The lowest BCUT2D eigenvalue weighted by atomic mass is 9.40. The lowest BCUT2D eigenvalue weighted by molar-refractivity contribution is -0.165. The summed E-state index contributed by atoms with van der Waals surface area (Å²) in [6, 6.07) is 3.51. The first kappa shape index (κ1) is 16.9. The Hall–Kier alpha value is -1.26. The molecule has 0 aliphatic heterocycles. The van der Waals surface area contributed by atoms with Crippen molar-refractivity contribution < 1.29 is 9.21 Å². The monoisotopic (exact) mass is 392 g/mol. The number of carbonyl (C=O) groups excluding carboxylic acids is 1. The highest BCUT2D eigenvalue weighted by atomic mass is 35.5. The summed E-state index contributed by atoms with van der Waals surface area (Å²) < 4.78 is 5.70. The Morgan fingerprint density at radius 3 is 2.50 bits per heavy atom. The smallest absolute Gasteiger partial charge is 0.302 e. The number of anilines is 1. The van der Waals surface area contributed by atoms with Gasteiger partial charge in [-0.15, -0.1) is 0 Å². The van der Waals surface area contributed by atoms with Gasteiger partial charge in [0.1, 0.15) is 5.52 Å². The minimum atomic E-state index is -0.301. The van der Waals surface area contributed by atoms with Gasteiger partial charge in [-0.3, -0.25) is 10.1 Å². The maximum Gasteiger partial charge on any atom is 0.302 e. The van der Waals surface area contributed by atoms with Gasteiger partial charge >= 0.3 is 6.01 Å². The summed E-state index contributed by atoms with van der Waals surface area (Å²) in [4.78, 5) is 17.7. The molecule has 4 aliphatic rings. The van der Waals surface area contributed by atoms with Gasteiger partial charge in [0.15, 0.2) is 5.58 Å². The fraction of sp³-hybridized carbons (Fsp3) is 0.600. The standard InChI is InChI=1S/C20H22Cl2N2O2/c1-18-5-11-6-19(2,8-18)10-20(7-11,9-18)16(25)24-17-23-14-4-12(21)3-13(22)15(14)26-17/h3-4,11H,5-10H2,1-2H3,(H,23,24,25). The molecule has 2 atom stereocenters. The maximum absolute atomic E-state index is 13.3. The maximum atomic E-state index is 13.3. The average Bonchev–Trinajstić information content (AvgIpc) is 2.86. The summed E-state index contributed by atoms with van der Waals surface area (Å²) in [7, 11) is 0. The molecule has 4 saturated carbocycles. The van der Waals surface area contributed by atoms with Crippen LogP contribution >= 0.6 is 23.2 Å². The second-order valence-corrected chi connectivity index (χ2v) is 10.5. The van der Waals surface area contributed by atoms with Crippen LogP contribution in [-0.4, -0.2) is 10.9 Å². The number of nitrogens with one attached hydrogen (secondary N) is 1. The number of aromatic nitrogens is 1. The molecule has 0 saturated heterocycles. The normalized spacial score (nSPS) is 38.1. The number of halogens is 2. The Morgan fingerprint density at radius 2 is 1.85 bits per heavy atom. The fourth-order valence-corrected chi connectivity index (χ4v) is 7.47. The predicted molar refractivity (Wildman–Crippen MR) is 102 cm³/mol. The highest BCUT2D eigenvalue weighted by Gasteiger charge is 2.62. The predicted octanol–water partition coefficient (Wildman–Crippen LogP) is 6.07. The minimum absolute atomic E-state index is 0.0489. The molecule has 0 radical (unpaired) electrons. The molecular weight excluding hydrogens is 371 g/mol. The van der Waals surface area contributed by atoms with Gasteiger partial charge in [-0.25, -0.2) is 0 Å². The van der Waals surface area contributed by atoms with Crippen molar-refractivity contribution in [1.29, 1.82) is 0 Å². The molecule has 4 nitrogen and oxygen atoms in total. The molecule has 4 fully saturated rings. The van der Waals surface area contributed by atoms with E-state index in [0.717, 1.165) is 19.3 Å². The van der Waals surface area contributed by atoms with E-state index in [1.807, 2.05) is 0 Å². The summed E-state index contributed by atoms with van der Waals surface area (Å²) in [6.07, 6.45) is 6.66. The van der Waals surface area contributed by atoms with Crippen molar-refractivity contribution in [2.75, 3.05) is 5.32 Å². The number of hydrogen-bond donors (Lipinski definition) is 1. The average molecular weight is 393 g/mol. The molecule has 2 aromatic rings. The van der Waals surface area contributed by atoms with Gasteiger partial charge in [0.2, 0.25) is 5.91 Å². The third-order valence-corrected chi connectivity index (χ3v) is 7.24. The van der Waals surface area contributed by atoms with Crippen LogP contribution in [0.25, 0.3) is 11.1 Å². The van der Waals surface area contributed by atoms with Crippen molar-refractivity contribution in [1.82, 2.24) is 4.98 Å². The van der Waals surface area contributed by atoms with Gasteiger partial charge in [-0.05, 0) is 67.4 Å². The number of amides is 1. The van der Waals surface area contributed by atoms with Crippen molar-refractivity contribution in [2.45, 2.75) is 52.4 Å². The molecule has 6 rings (SSSR count). The summed E-state index contributed by atoms with van der Waals surface area (Å²) >= 11 is 12.2. The largest absolute Gasteiger partial charge is 0.422 e. The van der Waals surface area contributed by atoms with Gasteiger partial charge in [0.05, 0.1) is 10.4 Å². The van der Waals surface area contributed by atoms with Crippen molar-refractivity contribution in [3.05, 3.63) is 22.2 Å². The number of carbonyl (C=O) groups is 1. The van der Waals surface area contributed by atoms with E-state index in [1.54, 1.807) is 12.1 Å². The third-order valence-electron chi connectivity index (χ3n) is 6.74. The number of hydrogen-bond acceptors (Lipinski definition) is 3. The van der Waals surface area contributed by atoms with E-state index in [4.69, 9.17) is 27.6 Å². The second-order valence-electron chi connectivity index (χ2n) is 9.62. The van der Waals surface area contributed by atoms with Crippen molar-refractivity contribution >= 4 is 46.2 Å². The van der Waals surface area contributed by atoms with E-state index >= 15 is 0 Å². The van der Waals surface area contributed by atoms with Crippen LogP contribution in [0.4, 0.5) is 6.01 Å². The van der Waals surface area contributed by atoms with E-state index in [-0.39, 0.29) is 28.2 Å². The van der Waals surface area contributed by atoms with Gasteiger partial charge < -0.3 is 4.42 Å². The van der Waals surface area contributed by atoms with Crippen LogP contribution in [0.1, 0.15) is 52.4 Å². The zero-order valence-corrected chi connectivity index (χ0v) is 16.5. The molecule has 0 spiro atoms. The zero-order chi connectivity index (χ0) is 18.3. The third kappa shape index (κ3) is 2.49. The van der Waals surface area contributed by atoms with Crippen LogP contribution in [0.3, 0.4) is 0 Å². The molecule has 1 amide bonds. The summed E-state index contributed by atoms with van der Waals surface area (Å²) in [6.45, 7) is 4.72. The number of oxazole rings is 1. The SMILES string of the molecule is CC12CC3CC(C)(C1)CC(C(=O)Nc1nc4cc(Cl)cc(Cl)c4o1)(C3)C2. The van der Waals surface area contributed by atoms with Crippen LogP contribution < -0.4 is 5.32 Å². The van der Waals surface area contributed by atoms with Crippen LogP contribution in [0.2, 0.25) is 10.0 Å². The Morgan fingerprint density at radius 1 is 1.15 bits per heavy atom. The summed E-state index contributed by atoms with van der Waals surface area (Å²) in [5.74, 6) is 0.705. The molecule has 6 heteroatoms. The van der Waals surface area contributed by atoms with Gasteiger partial charge in [0, 0.05) is 5.02 Å². The topological polar surface area (TPSA) is 55.1 Å². The van der Waals surface area contributed by atoms with Crippen molar-refractivity contribution in [3.63, 3.8) is 0 Å². The number of fused-ring (bicyclic) bond motifs is 1. The first-order chi connectivity index (χ1) is 12.2. The van der Waals surface area contributed by atoms with Crippen molar-refractivity contribution in [2.24, 2.45) is 22.2 Å². The molecule has 4 bridgehead atoms. The fourth-order valence-electron chi connectivity index (χ4n) is 6.94. The van der Waals surface area contributed by atoms with Crippen LogP contribution in [-0.2, 0) is 4.79 Å². The second kappa shape index (κ2) is 5.17. The number of rotatable bonds is 2. The zero-order valence-electron chi connectivity index (χ0n) is 15.0. The first-order valence-corrected chi connectivity index (χ1v) is 10.0. The molecule has 4 aliphatic carbocycles. The Bertz CT molecular complexity index is 919. The van der Waals surface area contributed by atoms with Gasteiger partial charge in [-0.2, -0.15) is 4.98 Å². The van der Waals surface area contributed by atoms with Gasteiger partial charge in [0.25, 0.3) is 0 Å². The first-order valence-electron chi connectivity index (χ1n) is 9.25. The molecule has 2 unspecified atom stereocenters. The van der Waals surface area contributed by atoms with Crippen molar-refractivity contribution in [3.8, 4) is 0 Å². The highest BCUT2D eigenvalue weighted by molar-refractivity contribution is 6.38. The Balaban J connectivity index is 1.46. The lowest BCUT2D eigenvalue weighted by Crippen LogP contribution is -2.58. The molecule has 1 N–H and O–H groups in total. The quantitative estimate of drug-likeness (QED) is 0.674. The summed E-state index contributed by atoms with van der Waals surface area (Å²) in [5, 5.41) is 3.85. The number of nitrogens with zero attached hydrogens (tertiary/aromatic N) is 1. The van der Waals surface area contributed by atoms with Crippen LogP contribution in [0.5, 0.6) is 0 Å². The van der Waals surface area contributed by atoms with Crippen LogP contribution in [0.15, 0.2) is 16.5 Å². The molecule has 1 aromatic heterocycles. The Kier molecular flexibility index (Phi) is 3.36. The minimum Gasteiger partial charge on any atom is -0.422 e. The summed E-state index contributed by atoms with van der Waals surface area (Å²) in [5.41, 5.74) is 1.27. The Labute approximate surface area is 162 Å². The van der Waals surface area contributed by atoms with E-state index in [1.165, 1.54) is 19.3 Å². The highest BCUT2D eigenvalue weighted by Crippen LogP contribution is 2.69. The van der Waals surface area contributed by atoms with Crippen LogP contribution in [0, 0.1) is 22.2 Å². The van der Waals surface area contributed by atoms with E-state index in [2.05, 4.69) is 24.1 Å². The molecule has 1 aromatic carbocycles. The molecule has 1 heterocycles. The lowest BCUT2D eigenvalue weighted by Gasteiger charge is -2.64. The number of benzene rings is 1. The van der Waals surface area contributed by atoms with E-state index < -0.39 is 0 Å².